The van der Waals surface area contributed by atoms with Gasteiger partial charge in [-0.2, -0.15) is 0 Å². The molecule has 7 nitrogen and oxygen atoms in total. The lowest BCUT2D eigenvalue weighted by atomic mass is 10.2. The maximum absolute atomic E-state index is 5.66. The number of allylic oxidation sites excluding steroid dienone is 1. The molecule has 3 aromatic rings. The number of nitrogens with one attached hydrogen (secondary N) is 1. The van der Waals surface area contributed by atoms with Crippen LogP contribution in [0.4, 0.5) is 11.4 Å². The number of rotatable bonds is 6. The summed E-state index contributed by atoms with van der Waals surface area (Å²) in [6, 6.07) is 11.4. The van der Waals surface area contributed by atoms with Crippen LogP contribution in [0, 0.1) is 0 Å². The van der Waals surface area contributed by atoms with Crippen LogP contribution in [-0.4, -0.2) is 37.4 Å². The molecule has 7 heteroatoms. The average Bonchev–Trinajstić information content (AvgIpc) is 2.71. The monoisotopic (exact) mass is 363 g/mol. The summed E-state index contributed by atoms with van der Waals surface area (Å²) in [6.07, 6.45) is 4.80. The van der Waals surface area contributed by atoms with Crippen LogP contribution in [-0.2, 0) is 0 Å². The van der Waals surface area contributed by atoms with E-state index >= 15 is 0 Å². The second-order valence-electron chi connectivity index (χ2n) is 5.69. The van der Waals surface area contributed by atoms with Gasteiger partial charge in [-0.25, -0.2) is 4.98 Å². The van der Waals surface area contributed by atoms with E-state index in [4.69, 9.17) is 15.2 Å². The van der Waals surface area contributed by atoms with Gasteiger partial charge in [0.1, 0.15) is 11.5 Å². The number of ether oxygens (including phenoxy) is 2. The SMILES string of the molecule is CN=C/C(=C\N)c1cnc2ccc(Nc3cc(OC)cc(OC)c3)cc2n1. The van der Waals surface area contributed by atoms with E-state index in [1.165, 1.54) is 6.20 Å². The summed E-state index contributed by atoms with van der Waals surface area (Å²) in [7, 11) is 4.92. The van der Waals surface area contributed by atoms with Crippen molar-refractivity contribution in [1.82, 2.24) is 9.97 Å². The molecule has 0 aliphatic heterocycles. The van der Waals surface area contributed by atoms with Crippen molar-refractivity contribution < 1.29 is 9.47 Å². The van der Waals surface area contributed by atoms with Crippen LogP contribution < -0.4 is 20.5 Å². The number of aromatic nitrogens is 2. The molecule has 138 valence electrons. The van der Waals surface area contributed by atoms with Crippen molar-refractivity contribution in [2.75, 3.05) is 26.6 Å². The van der Waals surface area contributed by atoms with Crippen LogP contribution in [0.3, 0.4) is 0 Å². The molecule has 0 fully saturated rings. The molecule has 0 atom stereocenters. The minimum Gasteiger partial charge on any atom is -0.497 e. The fraction of sp³-hybridized carbons (Fsp3) is 0.150. The molecule has 3 N–H and O–H groups in total. The summed E-state index contributed by atoms with van der Waals surface area (Å²) in [5, 5.41) is 3.34. The van der Waals surface area contributed by atoms with E-state index in [1.54, 1.807) is 33.7 Å². The van der Waals surface area contributed by atoms with E-state index in [9.17, 15) is 0 Å². The third-order valence-electron chi connectivity index (χ3n) is 3.93. The number of methoxy groups -OCH3 is 2. The van der Waals surface area contributed by atoms with E-state index in [0.29, 0.717) is 22.8 Å². The summed E-state index contributed by atoms with van der Waals surface area (Å²) in [5.41, 5.74) is 10.3. The Labute approximate surface area is 157 Å². The molecule has 0 saturated carbocycles. The second-order valence-corrected chi connectivity index (χ2v) is 5.69. The van der Waals surface area contributed by atoms with Gasteiger partial charge in [0.2, 0.25) is 0 Å². The first-order valence-corrected chi connectivity index (χ1v) is 8.28. The minimum atomic E-state index is 0.663. The Bertz CT molecular complexity index is 992. The van der Waals surface area contributed by atoms with Gasteiger partial charge in [-0.15, -0.1) is 0 Å². The Balaban J connectivity index is 1.96. The van der Waals surface area contributed by atoms with E-state index in [-0.39, 0.29) is 0 Å². The zero-order valence-electron chi connectivity index (χ0n) is 15.4. The highest BCUT2D eigenvalue weighted by molar-refractivity contribution is 6.09. The first-order valence-electron chi connectivity index (χ1n) is 8.28. The molecule has 0 amide bonds. The van der Waals surface area contributed by atoms with Gasteiger partial charge in [0.15, 0.2) is 0 Å². The van der Waals surface area contributed by atoms with Gasteiger partial charge in [0.05, 0.1) is 37.1 Å². The largest absolute Gasteiger partial charge is 0.497 e. The standard InChI is InChI=1S/C20H21N5O2/c1-22-11-13(10-21)20-12-23-18-5-4-14(8-19(18)25-20)24-15-6-16(26-2)9-17(7-15)27-3/h4-12,24H,21H2,1-3H3/b13-10+,22-11?. The average molecular weight is 363 g/mol. The van der Waals surface area contributed by atoms with Crippen LogP contribution in [0.25, 0.3) is 16.6 Å². The number of benzene rings is 2. The maximum atomic E-state index is 5.66. The van der Waals surface area contributed by atoms with E-state index in [2.05, 4.69) is 20.3 Å². The van der Waals surface area contributed by atoms with Crippen LogP contribution in [0.2, 0.25) is 0 Å². The van der Waals surface area contributed by atoms with Crippen LogP contribution in [0.1, 0.15) is 5.69 Å². The minimum absolute atomic E-state index is 0.663. The third kappa shape index (κ3) is 4.14. The summed E-state index contributed by atoms with van der Waals surface area (Å²) in [6.45, 7) is 0. The summed E-state index contributed by atoms with van der Waals surface area (Å²) < 4.78 is 10.6. The zero-order chi connectivity index (χ0) is 19.2. The number of aliphatic imine (C=N–C) groups is 1. The fourth-order valence-electron chi connectivity index (χ4n) is 2.61. The molecule has 0 spiro atoms. The molecule has 0 aliphatic carbocycles. The maximum Gasteiger partial charge on any atom is 0.124 e. The van der Waals surface area contributed by atoms with Gasteiger partial charge in [-0.1, -0.05) is 0 Å². The van der Waals surface area contributed by atoms with Gasteiger partial charge < -0.3 is 20.5 Å². The van der Waals surface area contributed by atoms with Crippen LogP contribution >= 0.6 is 0 Å². The van der Waals surface area contributed by atoms with Crippen molar-refractivity contribution in [2.45, 2.75) is 0 Å². The lowest BCUT2D eigenvalue weighted by Crippen LogP contribution is -1.98. The fourth-order valence-corrected chi connectivity index (χ4v) is 2.61. The number of nitrogens with two attached hydrogens (primary N) is 1. The molecule has 0 radical (unpaired) electrons. The summed E-state index contributed by atoms with van der Waals surface area (Å²) >= 11 is 0. The van der Waals surface area contributed by atoms with Crippen molar-refractivity contribution in [2.24, 2.45) is 10.7 Å². The van der Waals surface area contributed by atoms with Gasteiger partial charge in [0, 0.05) is 54.6 Å². The Hall–Kier alpha value is -3.61. The Kier molecular flexibility index (Phi) is 5.51. The number of fused-ring (bicyclic) bond motifs is 1. The molecule has 0 saturated heterocycles. The first-order chi connectivity index (χ1) is 13.2. The highest BCUT2D eigenvalue weighted by Crippen LogP contribution is 2.29. The van der Waals surface area contributed by atoms with E-state index in [1.807, 2.05) is 36.4 Å². The zero-order valence-corrected chi connectivity index (χ0v) is 15.4. The van der Waals surface area contributed by atoms with Crippen LogP contribution in [0.5, 0.6) is 11.5 Å². The van der Waals surface area contributed by atoms with Crippen molar-refractivity contribution in [3.05, 3.63) is 54.5 Å². The van der Waals surface area contributed by atoms with Crippen molar-refractivity contribution in [1.29, 1.82) is 0 Å². The Morgan fingerprint density at radius 2 is 1.78 bits per heavy atom. The molecule has 0 aliphatic rings. The number of nitrogens with zero attached hydrogens (tertiary/aromatic N) is 3. The molecular weight excluding hydrogens is 342 g/mol. The molecule has 1 heterocycles. The predicted octanol–water partition coefficient (Wildman–Crippen LogP) is 3.39. The van der Waals surface area contributed by atoms with E-state index < -0.39 is 0 Å². The van der Waals surface area contributed by atoms with Crippen molar-refractivity contribution in [3.8, 4) is 11.5 Å². The highest BCUT2D eigenvalue weighted by Gasteiger charge is 2.06. The lowest BCUT2D eigenvalue weighted by molar-refractivity contribution is 0.395. The van der Waals surface area contributed by atoms with Crippen molar-refractivity contribution >= 4 is 34.2 Å². The topological polar surface area (TPSA) is 94.7 Å². The van der Waals surface area contributed by atoms with Crippen LogP contribution in [0.15, 0.2) is 53.8 Å². The summed E-state index contributed by atoms with van der Waals surface area (Å²) in [4.78, 5) is 13.1. The number of anilines is 2. The molecule has 2 aromatic carbocycles. The Morgan fingerprint density at radius 3 is 2.41 bits per heavy atom. The molecule has 0 bridgehead atoms. The second kappa shape index (κ2) is 8.18. The third-order valence-corrected chi connectivity index (χ3v) is 3.93. The van der Waals surface area contributed by atoms with Crippen molar-refractivity contribution in [3.63, 3.8) is 0 Å². The molecule has 0 unspecified atom stereocenters. The van der Waals surface area contributed by atoms with Gasteiger partial charge >= 0.3 is 0 Å². The lowest BCUT2D eigenvalue weighted by Gasteiger charge is -2.11. The quantitative estimate of drug-likeness (QED) is 0.652. The van der Waals surface area contributed by atoms with Gasteiger partial charge in [0.25, 0.3) is 0 Å². The molecule has 3 rings (SSSR count). The normalized spacial score (nSPS) is 11.7. The van der Waals surface area contributed by atoms with Gasteiger partial charge in [-0.3, -0.25) is 9.98 Å². The van der Waals surface area contributed by atoms with E-state index in [0.717, 1.165) is 22.4 Å². The highest BCUT2D eigenvalue weighted by atomic mass is 16.5. The Morgan fingerprint density at radius 1 is 1.04 bits per heavy atom. The first kappa shape index (κ1) is 18.2. The summed E-state index contributed by atoms with van der Waals surface area (Å²) in [5.74, 6) is 1.41. The molecule has 1 aromatic heterocycles. The smallest absolute Gasteiger partial charge is 0.124 e. The molecule has 27 heavy (non-hydrogen) atoms. The molecular formula is C20H21N5O2. The van der Waals surface area contributed by atoms with Gasteiger partial charge in [-0.05, 0) is 18.2 Å². The number of hydrogen-bond donors (Lipinski definition) is 2. The number of hydrogen-bond acceptors (Lipinski definition) is 7. The predicted molar refractivity (Wildman–Crippen MR) is 109 cm³/mol.